The minimum absolute atomic E-state index is 0.269. The largest absolute Gasteiger partial charge is 0.454 e. The highest BCUT2D eigenvalue weighted by molar-refractivity contribution is 6.05. The van der Waals surface area contributed by atoms with Crippen molar-refractivity contribution < 1.29 is 18.9 Å². The maximum atomic E-state index is 5.50. The number of hydrogen-bond acceptors (Lipinski definition) is 6. The van der Waals surface area contributed by atoms with Gasteiger partial charge in [0.1, 0.15) is 0 Å². The molecule has 4 aromatic carbocycles. The number of ether oxygens (including phenoxy) is 4. The van der Waals surface area contributed by atoms with Gasteiger partial charge in [-0.25, -0.2) is 0 Å². The Hall–Kier alpha value is -4.06. The molecule has 0 amide bonds. The summed E-state index contributed by atoms with van der Waals surface area (Å²) in [5, 5.41) is 13.3. The number of benzene rings is 4. The standard InChI is InChI=1S/C26H20N2O4/c1-15(17-3-5-19-9-23-25(31-13-29-23)11-21(19)7-17)27-28-16(2)18-4-6-20-10-24-26(32-14-30-24)12-22(20)8-18/h3-12H,13-14H2,1-2H3/b27-15+,28-16?. The fourth-order valence-electron chi connectivity index (χ4n) is 3.99. The van der Waals surface area contributed by atoms with Gasteiger partial charge < -0.3 is 18.9 Å². The van der Waals surface area contributed by atoms with E-state index in [0.717, 1.165) is 67.1 Å². The highest BCUT2D eigenvalue weighted by Gasteiger charge is 2.15. The molecule has 2 aliphatic heterocycles. The molecule has 0 radical (unpaired) electrons. The van der Waals surface area contributed by atoms with Gasteiger partial charge in [-0.05, 0) is 82.9 Å². The Bertz CT molecular complexity index is 1340. The first-order valence-corrected chi connectivity index (χ1v) is 10.4. The van der Waals surface area contributed by atoms with Crippen LogP contribution in [0.5, 0.6) is 23.0 Å². The Labute approximate surface area is 184 Å². The van der Waals surface area contributed by atoms with Crippen molar-refractivity contribution in [3.63, 3.8) is 0 Å². The van der Waals surface area contributed by atoms with Crippen molar-refractivity contribution in [2.45, 2.75) is 13.8 Å². The summed E-state index contributed by atoms with van der Waals surface area (Å²) in [5.41, 5.74) is 3.71. The predicted octanol–water partition coefficient (Wildman–Crippen LogP) is 5.68. The molecule has 158 valence electrons. The molecule has 0 saturated carbocycles. The zero-order valence-electron chi connectivity index (χ0n) is 17.7. The van der Waals surface area contributed by atoms with Gasteiger partial charge in [0.2, 0.25) is 13.6 Å². The third kappa shape index (κ3) is 3.21. The number of rotatable bonds is 3. The van der Waals surface area contributed by atoms with E-state index in [0.29, 0.717) is 0 Å². The smallest absolute Gasteiger partial charge is 0.231 e. The highest BCUT2D eigenvalue weighted by atomic mass is 16.7. The summed E-state index contributed by atoms with van der Waals surface area (Å²) in [6, 6.07) is 20.4. The zero-order valence-corrected chi connectivity index (χ0v) is 17.7. The normalized spacial score (nSPS) is 15.1. The van der Waals surface area contributed by atoms with Crippen LogP contribution in [0.15, 0.2) is 70.9 Å². The van der Waals surface area contributed by atoms with E-state index < -0.39 is 0 Å². The molecule has 0 aliphatic carbocycles. The summed E-state index contributed by atoms with van der Waals surface area (Å²) in [7, 11) is 0. The molecule has 6 nitrogen and oxygen atoms in total. The molecule has 0 atom stereocenters. The lowest BCUT2D eigenvalue weighted by molar-refractivity contribution is 0.173. The minimum Gasteiger partial charge on any atom is -0.454 e. The summed E-state index contributed by atoms with van der Waals surface area (Å²) in [4.78, 5) is 0. The second kappa shape index (κ2) is 7.27. The molecule has 0 saturated heterocycles. The van der Waals surface area contributed by atoms with Crippen LogP contribution in [0.4, 0.5) is 0 Å². The van der Waals surface area contributed by atoms with E-state index in [-0.39, 0.29) is 13.6 Å². The van der Waals surface area contributed by atoms with Gasteiger partial charge in [0.05, 0.1) is 11.4 Å². The van der Waals surface area contributed by atoms with Crippen LogP contribution in [-0.2, 0) is 0 Å². The lowest BCUT2D eigenvalue weighted by Gasteiger charge is -2.06. The SMILES string of the molecule is CC(=N/N=C(\C)c1ccc2cc3c(cc2c1)OCO3)c1ccc2cc3c(cc2c1)OCO3. The average Bonchev–Trinajstić information content (AvgIpc) is 3.46. The molecule has 0 fully saturated rings. The van der Waals surface area contributed by atoms with Crippen molar-refractivity contribution in [2.75, 3.05) is 13.6 Å². The molecule has 6 rings (SSSR count). The molecule has 2 heterocycles. The quantitative estimate of drug-likeness (QED) is 0.313. The molecular formula is C26H20N2O4. The van der Waals surface area contributed by atoms with Crippen LogP contribution in [0.3, 0.4) is 0 Å². The molecular weight excluding hydrogens is 404 g/mol. The van der Waals surface area contributed by atoms with Crippen LogP contribution in [0.2, 0.25) is 0 Å². The predicted molar refractivity (Wildman–Crippen MR) is 125 cm³/mol. The molecule has 4 aromatic rings. The van der Waals surface area contributed by atoms with Gasteiger partial charge in [-0.1, -0.05) is 24.3 Å². The Morgan fingerprint density at radius 1 is 0.531 bits per heavy atom. The van der Waals surface area contributed by atoms with Gasteiger partial charge in [-0.15, -0.1) is 0 Å². The van der Waals surface area contributed by atoms with Crippen LogP contribution in [0.25, 0.3) is 21.5 Å². The van der Waals surface area contributed by atoms with Gasteiger partial charge in [0.15, 0.2) is 23.0 Å². The maximum absolute atomic E-state index is 5.50. The van der Waals surface area contributed by atoms with Gasteiger partial charge in [0, 0.05) is 0 Å². The van der Waals surface area contributed by atoms with E-state index in [1.54, 1.807) is 0 Å². The Kier molecular flexibility index (Phi) is 4.24. The first-order chi connectivity index (χ1) is 15.6. The topological polar surface area (TPSA) is 61.6 Å². The molecule has 6 heteroatoms. The summed E-state index contributed by atoms with van der Waals surface area (Å²) in [6.07, 6.45) is 0. The molecule has 0 N–H and O–H groups in total. The van der Waals surface area contributed by atoms with Crippen molar-refractivity contribution in [3.8, 4) is 23.0 Å². The first kappa shape index (κ1) is 18.7. The van der Waals surface area contributed by atoms with Crippen molar-refractivity contribution >= 4 is 33.0 Å². The van der Waals surface area contributed by atoms with Crippen molar-refractivity contribution in [3.05, 3.63) is 71.8 Å². The first-order valence-electron chi connectivity index (χ1n) is 10.4. The molecule has 0 bridgehead atoms. The van der Waals surface area contributed by atoms with Gasteiger partial charge in [-0.3, -0.25) is 0 Å². The molecule has 0 aromatic heterocycles. The van der Waals surface area contributed by atoms with E-state index >= 15 is 0 Å². The summed E-state index contributed by atoms with van der Waals surface area (Å²) >= 11 is 0. The Morgan fingerprint density at radius 2 is 0.906 bits per heavy atom. The molecule has 32 heavy (non-hydrogen) atoms. The second-order valence-corrected chi connectivity index (χ2v) is 7.91. The Balaban J connectivity index is 1.30. The average molecular weight is 424 g/mol. The zero-order chi connectivity index (χ0) is 21.7. The second-order valence-electron chi connectivity index (χ2n) is 7.91. The number of hydrogen-bond donors (Lipinski definition) is 0. The number of nitrogens with zero attached hydrogens (tertiary/aromatic N) is 2. The van der Waals surface area contributed by atoms with E-state index in [2.05, 4.69) is 34.5 Å². The van der Waals surface area contributed by atoms with Crippen molar-refractivity contribution in [1.82, 2.24) is 0 Å². The van der Waals surface area contributed by atoms with Crippen molar-refractivity contribution in [1.29, 1.82) is 0 Å². The Morgan fingerprint density at radius 3 is 1.31 bits per heavy atom. The number of fused-ring (bicyclic) bond motifs is 4. The van der Waals surface area contributed by atoms with Crippen LogP contribution in [-0.4, -0.2) is 25.0 Å². The fraction of sp³-hybridized carbons (Fsp3) is 0.154. The van der Waals surface area contributed by atoms with E-state index in [1.807, 2.05) is 50.2 Å². The van der Waals surface area contributed by atoms with E-state index in [1.165, 1.54) is 0 Å². The van der Waals surface area contributed by atoms with Gasteiger partial charge in [0.25, 0.3) is 0 Å². The van der Waals surface area contributed by atoms with Gasteiger partial charge in [-0.2, -0.15) is 10.2 Å². The fourth-order valence-corrected chi connectivity index (χ4v) is 3.99. The van der Waals surface area contributed by atoms with Crippen molar-refractivity contribution in [2.24, 2.45) is 10.2 Å². The minimum atomic E-state index is 0.269. The lowest BCUT2D eigenvalue weighted by Crippen LogP contribution is -1.97. The summed E-state index contributed by atoms with van der Waals surface area (Å²) < 4.78 is 21.9. The van der Waals surface area contributed by atoms with Crippen LogP contribution in [0.1, 0.15) is 25.0 Å². The van der Waals surface area contributed by atoms with Crippen LogP contribution >= 0.6 is 0 Å². The maximum Gasteiger partial charge on any atom is 0.231 e. The van der Waals surface area contributed by atoms with Crippen LogP contribution in [0, 0.1) is 0 Å². The van der Waals surface area contributed by atoms with E-state index in [9.17, 15) is 0 Å². The monoisotopic (exact) mass is 424 g/mol. The van der Waals surface area contributed by atoms with E-state index in [4.69, 9.17) is 18.9 Å². The lowest BCUT2D eigenvalue weighted by atomic mass is 10.0. The summed E-state index contributed by atoms with van der Waals surface area (Å²) in [6.45, 7) is 4.47. The third-order valence-electron chi connectivity index (χ3n) is 5.85. The van der Waals surface area contributed by atoms with Gasteiger partial charge >= 0.3 is 0 Å². The third-order valence-corrected chi connectivity index (χ3v) is 5.85. The molecule has 2 aliphatic rings. The molecule has 0 spiro atoms. The highest BCUT2D eigenvalue weighted by Crippen LogP contribution is 2.37. The summed E-state index contributed by atoms with van der Waals surface area (Å²) in [5.74, 6) is 3.12. The van der Waals surface area contributed by atoms with Crippen LogP contribution < -0.4 is 18.9 Å². The molecule has 0 unspecified atom stereocenters.